The number of hydrogen-bond donors (Lipinski definition) is 0. The van der Waals surface area contributed by atoms with E-state index in [1.807, 2.05) is 61.5 Å². The molecule has 0 aliphatic heterocycles. The first kappa shape index (κ1) is 11.2. The first-order valence-corrected chi connectivity index (χ1v) is 6.59. The van der Waals surface area contributed by atoms with Crippen LogP contribution in [0.3, 0.4) is 0 Å². The van der Waals surface area contributed by atoms with Gasteiger partial charge in [0.15, 0.2) is 9.79 Å². The highest BCUT2D eigenvalue weighted by Gasteiger charge is 2.24. The first-order chi connectivity index (χ1) is 7.81. The van der Waals surface area contributed by atoms with Crippen LogP contribution < -0.4 is 0 Å². The first-order valence-electron chi connectivity index (χ1n) is 5.20. The van der Waals surface area contributed by atoms with E-state index >= 15 is 0 Å². The van der Waals surface area contributed by atoms with Gasteiger partial charge in [-0.3, -0.25) is 0 Å². The SMILES string of the molecule is Cc1ccc([S+](CF)c2ccccc2)cc1. The average Bonchev–Trinajstić information content (AvgIpc) is 2.34. The van der Waals surface area contributed by atoms with Crippen LogP contribution in [0.5, 0.6) is 0 Å². The van der Waals surface area contributed by atoms with Gasteiger partial charge in [0.1, 0.15) is 0 Å². The predicted molar refractivity (Wildman–Crippen MR) is 67.5 cm³/mol. The van der Waals surface area contributed by atoms with Crippen molar-refractivity contribution in [3.05, 3.63) is 60.2 Å². The molecule has 0 N–H and O–H groups in total. The smallest absolute Gasteiger partial charge is 0.192 e. The Labute approximate surface area is 98.5 Å². The van der Waals surface area contributed by atoms with E-state index < -0.39 is 10.9 Å². The van der Waals surface area contributed by atoms with Gasteiger partial charge in [0.05, 0.1) is 10.9 Å². The van der Waals surface area contributed by atoms with Crippen molar-refractivity contribution in [3.8, 4) is 0 Å². The van der Waals surface area contributed by atoms with Crippen LogP contribution in [0.4, 0.5) is 4.39 Å². The number of benzene rings is 2. The normalized spacial score (nSPS) is 12.4. The lowest BCUT2D eigenvalue weighted by Crippen LogP contribution is -2.05. The highest BCUT2D eigenvalue weighted by atomic mass is 32.2. The molecule has 2 heteroatoms. The third kappa shape index (κ3) is 2.45. The summed E-state index contributed by atoms with van der Waals surface area (Å²) in [6.45, 7) is 2.04. The fourth-order valence-electron chi connectivity index (χ4n) is 1.55. The van der Waals surface area contributed by atoms with Crippen LogP contribution in [0.15, 0.2) is 64.4 Å². The molecule has 0 radical (unpaired) electrons. The standard InChI is InChI=1S/C14H14FS/c1-12-7-9-14(10-8-12)16(11-15)13-5-3-2-4-6-13/h2-10H,11H2,1H3/q+1. The summed E-state index contributed by atoms with van der Waals surface area (Å²) in [6, 6.07) is 17.6. The summed E-state index contributed by atoms with van der Waals surface area (Å²) in [4.78, 5) is 2.13. The fraction of sp³-hybridized carbons (Fsp3) is 0.143. The number of halogens is 1. The van der Waals surface area contributed by atoms with E-state index in [1.54, 1.807) is 0 Å². The second-order valence-corrected chi connectivity index (χ2v) is 5.57. The summed E-state index contributed by atoms with van der Waals surface area (Å²) in [5.41, 5.74) is 1.21. The zero-order valence-corrected chi connectivity index (χ0v) is 10.0. The monoisotopic (exact) mass is 233 g/mol. The summed E-state index contributed by atoms with van der Waals surface area (Å²) >= 11 is 0. The minimum atomic E-state index is -0.433. The lowest BCUT2D eigenvalue weighted by atomic mass is 10.2. The van der Waals surface area contributed by atoms with Crippen LogP contribution in [0.1, 0.15) is 5.56 Å². The maximum Gasteiger partial charge on any atom is 0.256 e. The van der Waals surface area contributed by atoms with Gasteiger partial charge in [0.25, 0.3) is 6.01 Å². The Morgan fingerprint density at radius 2 is 1.44 bits per heavy atom. The molecule has 1 atom stereocenters. The average molecular weight is 233 g/mol. The summed E-state index contributed by atoms with van der Waals surface area (Å²) < 4.78 is 13.1. The molecule has 1 unspecified atom stereocenters. The highest BCUT2D eigenvalue weighted by Crippen LogP contribution is 2.23. The Hall–Kier alpha value is -1.28. The molecule has 0 saturated heterocycles. The zero-order chi connectivity index (χ0) is 11.4. The van der Waals surface area contributed by atoms with Gasteiger partial charge in [0, 0.05) is 0 Å². The third-order valence-electron chi connectivity index (χ3n) is 2.44. The van der Waals surface area contributed by atoms with Crippen LogP contribution in [0.25, 0.3) is 0 Å². The van der Waals surface area contributed by atoms with Gasteiger partial charge in [-0.05, 0) is 31.2 Å². The Kier molecular flexibility index (Phi) is 3.62. The lowest BCUT2D eigenvalue weighted by Gasteiger charge is -2.03. The second-order valence-electron chi connectivity index (χ2n) is 3.63. The summed E-state index contributed by atoms with van der Waals surface area (Å²) in [5.74, 6) is 0. The molecular weight excluding hydrogens is 219 g/mol. The number of rotatable bonds is 3. The quantitative estimate of drug-likeness (QED) is 0.704. The van der Waals surface area contributed by atoms with Crippen LogP contribution in [-0.2, 0) is 10.9 Å². The molecule has 2 rings (SSSR count). The highest BCUT2D eigenvalue weighted by molar-refractivity contribution is 7.96. The maximum absolute atomic E-state index is 13.1. The van der Waals surface area contributed by atoms with E-state index in [4.69, 9.17) is 0 Å². The van der Waals surface area contributed by atoms with Crippen molar-refractivity contribution in [2.75, 3.05) is 6.01 Å². The molecule has 0 spiro atoms. The largest absolute Gasteiger partial charge is 0.256 e. The van der Waals surface area contributed by atoms with Gasteiger partial charge >= 0.3 is 0 Å². The van der Waals surface area contributed by atoms with E-state index in [-0.39, 0.29) is 6.01 Å². The number of aryl methyl sites for hydroxylation is 1. The van der Waals surface area contributed by atoms with Crippen LogP contribution >= 0.6 is 0 Å². The van der Waals surface area contributed by atoms with E-state index in [1.165, 1.54) is 5.56 Å². The summed E-state index contributed by atoms with van der Waals surface area (Å²) in [6.07, 6.45) is 0. The van der Waals surface area contributed by atoms with Crippen LogP contribution in [-0.4, -0.2) is 6.01 Å². The topological polar surface area (TPSA) is 0 Å². The molecular formula is C14H14FS+. The van der Waals surface area contributed by atoms with Gasteiger partial charge in [-0.2, -0.15) is 4.39 Å². The minimum absolute atomic E-state index is 0.326. The van der Waals surface area contributed by atoms with E-state index in [0.717, 1.165) is 9.79 Å². The van der Waals surface area contributed by atoms with Gasteiger partial charge in [0.2, 0.25) is 0 Å². The number of alkyl halides is 1. The summed E-state index contributed by atoms with van der Waals surface area (Å²) in [5, 5.41) is 0. The van der Waals surface area contributed by atoms with E-state index in [0.29, 0.717) is 0 Å². The number of hydrogen-bond acceptors (Lipinski definition) is 0. The molecule has 2 aromatic rings. The van der Waals surface area contributed by atoms with Crippen LogP contribution in [0.2, 0.25) is 0 Å². The molecule has 0 bridgehead atoms. The Morgan fingerprint density at radius 1 is 0.875 bits per heavy atom. The molecule has 0 aliphatic carbocycles. The fourth-order valence-corrected chi connectivity index (χ4v) is 3.02. The molecule has 0 nitrogen and oxygen atoms in total. The molecule has 82 valence electrons. The van der Waals surface area contributed by atoms with Crippen molar-refractivity contribution in [1.82, 2.24) is 0 Å². The Morgan fingerprint density at radius 3 is 2.00 bits per heavy atom. The molecule has 2 aromatic carbocycles. The predicted octanol–water partition coefficient (Wildman–Crippen LogP) is 3.96. The van der Waals surface area contributed by atoms with Crippen molar-refractivity contribution >= 4 is 10.9 Å². The lowest BCUT2D eigenvalue weighted by molar-refractivity contribution is 0.600. The Bertz CT molecular complexity index is 436. The molecule has 0 heterocycles. The van der Waals surface area contributed by atoms with Crippen molar-refractivity contribution in [1.29, 1.82) is 0 Å². The molecule has 16 heavy (non-hydrogen) atoms. The molecule has 0 aromatic heterocycles. The second kappa shape index (κ2) is 5.17. The van der Waals surface area contributed by atoms with Crippen molar-refractivity contribution in [2.45, 2.75) is 16.7 Å². The molecule has 0 aliphatic rings. The maximum atomic E-state index is 13.1. The van der Waals surface area contributed by atoms with Crippen LogP contribution in [0, 0.1) is 6.92 Å². The molecule has 0 fully saturated rings. The molecule has 0 saturated carbocycles. The van der Waals surface area contributed by atoms with Crippen molar-refractivity contribution in [3.63, 3.8) is 0 Å². The summed E-state index contributed by atoms with van der Waals surface area (Å²) in [7, 11) is -0.433. The van der Waals surface area contributed by atoms with Gasteiger partial charge in [-0.1, -0.05) is 35.9 Å². The minimum Gasteiger partial charge on any atom is -0.192 e. The van der Waals surface area contributed by atoms with E-state index in [9.17, 15) is 4.39 Å². The third-order valence-corrected chi connectivity index (χ3v) is 4.34. The zero-order valence-electron chi connectivity index (χ0n) is 9.19. The van der Waals surface area contributed by atoms with Crippen molar-refractivity contribution < 1.29 is 4.39 Å². The van der Waals surface area contributed by atoms with Gasteiger partial charge in [-0.15, -0.1) is 0 Å². The molecule has 0 amide bonds. The van der Waals surface area contributed by atoms with Crippen molar-refractivity contribution in [2.24, 2.45) is 0 Å². The van der Waals surface area contributed by atoms with Gasteiger partial charge < -0.3 is 0 Å². The Balaban J connectivity index is 2.33. The van der Waals surface area contributed by atoms with Gasteiger partial charge in [-0.25, -0.2) is 0 Å². The van der Waals surface area contributed by atoms with E-state index in [2.05, 4.69) is 0 Å².